The molecule has 1 aliphatic heterocycles. The second-order valence-electron chi connectivity index (χ2n) is 3.81. The Labute approximate surface area is 101 Å². The van der Waals surface area contributed by atoms with Crippen LogP contribution in [0.1, 0.15) is 6.23 Å². The quantitative estimate of drug-likeness (QED) is 0.622. The van der Waals surface area contributed by atoms with Crippen LogP contribution in [0.25, 0.3) is 0 Å². The van der Waals surface area contributed by atoms with Crippen LogP contribution in [-0.2, 0) is 4.74 Å². The second kappa shape index (κ2) is 4.84. The maximum absolute atomic E-state index is 12.8. The summed E-state index contributed by atoms with van der Waals surface area (Å²) >= 11 is 0. The molecule has 18 heavy (non-hydrogen) atoms. The van der Waals surface area contributed by atoms with Gasteiger partial charge in [-0.3, -0.25) is 4.57 Å². The number of halogens is 1. The zero-order valence-electron chi connectivity index (χ0n) is 9.23. The lowest BCUT2D eigenvalue weighted by atomic mass is 10.1. The highest BCUT2D eigenvalue weighted by atomic mass is 19.1. The number of aliphatic hydroxyl groups is 2. The van der Waals surface area contributed by atoms with Crippen LogP contribution in [-0.4, -0.2) is 38.6 Å². The van der Waals surface area contributed by atoms with E-state index in [1.54, 1.807) is 0 Å². The van der Waals surface area contributed by atoms with Crippen molar-refractivity contribution in [3.8, 4) is 0 Å². The Morgan fingerprint density at radius 1 is 1.67 bits per heavy atom. The molecule has 1 aliphatic rings. The normalized spacial score (nSPS) is 29.9. The molecule has 0 aromatic carbocycles. The highest BCUT2D eigenvalue weighted by molar-refractivity contribution is 5.25. The van der Waals surface area contributed by atoms with Gasteiger partial charge in [-0.2, -0.15) is 4.98 Å². The number of anilines is 1. The van der Waals surface area contributed by atoms with Gasteiger partial charge in [0.1, 0.15) is 18.0 Å². The first-order valence-electron chi connectivity index (χ1n) is 5.17. The average Bonchev–Trinajstić information content (AvgIpc) is 2.65. The molecule has 1 fully saturated rings. The van der Waals surface area contributed by atoms with Crippen molar-refractivity contribution in [2.24, 2.45) is 0 Å². The first-order chi connectivity index (χ1) is 8.58. The highest BCUT2D eigenvalue weighted by Gasteiger charge is 2.40. The minimum absolute atomic E-state index is 0.0271. The highest BCUT2D eigenvalue weighted by Crippen LogP contribution is 2.33. The smallest absolute Gasteiger partial charge is 0.351 e. The lowest BCUT2D eigenvalue weighted by Gasteiger charge is -2.14. The predicted octanol–water partition coefficient (Wildman–Crippen LogP) is -1.07. The van der Waals surface area contributed by atoms with E-state index in [-0.39, 0.29) is 17.7 Å². The fourth-order valence-corrected chi connectivity index (χ4v) is 1.77. The Hall–Kier alpha value is -1.77. The molecule has 0 bridgehead atoms. The Bertz CT molecular complexity index is 530. The fourth-order valence-electron chi connectivity index (χ4n) is 1.77. The summed E-state index contributed by atoms with van der Waals surface area (Å²) in [5, 5.41) is 18.6. The average molecular weight is 257 g/mol. The molecule has 2 rings (SSSR count). The van der Waals surface area contributed by atoms with Crippen molar-refractivity contribution in [2.75, 3.05) is 12.3 Å². The van der Waals surface area contributed by atoms with Gasteiger partial charge in [-0.25, -0.2) is 9.18 Å². The first kappa shape index (κ1) is 12.7. The summed E-state index contributed by atoms with van der Waals surface area (Å²) in [7, 11) is 0. The van der Waals surface area contributed by atoms with Crippen LogP contribution in [0, 0.1) is 0 Å². The van der Waals surface area contributed by atoms with E-state index in [1.165, 1.54) is 12.3 Å². The molecule has 0 amide bonds. The molecule has 1 aromatic heterocycles. The molecule has 0 spiro atoms. The first-order valence-corrected chi connectivity index (χ1v) is 5.17. The van der Waals surface area contributed by atoms with Gasteiger partial charge in [0.05, 0.1) is 12.9 Å². The Morgan fingerprint density at radius 3 is 2.94 bits per heavy atom. The summed E-state index contributed by atoms with van der Waals surface area (Å²) in [6.07, 6.45) is -1.99. The molecule has 98 valence electrons. The minimum Gasteiger partial charge on any atom is -0.394 e. The number of aliphatic hydroxyl groups excluding tert-OH is 2. The van der Waals surface area contributed by atoms with Crippen molar-refractivity contribution in [1.82, 2.24) is 9.55 Å². The van der Waals surface area contributed by atoms with Crippen molar-refractivity contribution in [1.29, 1.82) is 0 Å². The van der Waals surface area contributed by atoms with Gasteiger partial charge in [0.25, 0.3) is 0 Å². The second-order valence-corrected chi connectivity index (χ2v) is 3.81. The Kier molecular flexibility index (Phi) is 3.41. The molecule has 1 aromatic rings. The summed E-state index contributed by atoms with van der Waals surface area (Å²) in [4.78, 5) is 15.1. The van der Waals surface area contributed by atoms with Crippen molar-refractivity contribution >= 4 is 5.82 Å². The SMILES string of the molecule is Nc1ccn(C2OC(CO)[C@@H](O)/C2=C\F)c(=O)n1. The van der Waals surface area contributed by atoms with E-state index in [2.05, 4.69) is 4.98 Å². The van der Waals surface area contributed by atoms with Crippen LogP contribution < -0.4 is 11.4 Å². The summed E-state index contributed by atoms with van der Waals surface area (Å²) in [6, 6.07) is 1.35. The van der Waals surface area contributed by atoms with E-state index in [0.717, 1.165) is 4.57 Å². The third kappa shape index (κ3) is 2.01. The molecule has 7 nitrogen and oxygen atoms in total. The lowest BCUT2D eigenvalue weighted by molar-refractivity contribution is -0.0447. The molecular weight excluding hydrogens is 245 g/mol. The lowest BCUT2D eigenvalue weighted by Crippen LogP contribution is -2.28. The van der Waals surface area contributed by atoms with Crippen molar-refractivity contribution in [3.63, 3.8) is 0 Å². The summed E-state index contributed by atoms with van der Waals surface area (Å²) in [5.41, 5.74) is 4.45. The number of aromatic nitrogens is 2. The van der Waals surface area contributed by atoms with Gasteiger partial charge in [-0.1, -0.05) is 0 Å². The Morgan fingerprint density at radius 2 is 2.39 bits per heavy atom. The van der Waals surface area contributed by atoms with Gasteiger partial charge in [-0.05, 0) is 6.07 Å². The zero-order chi connectivity index (χ0) is 13.3. The molecule has 8 heteroatoms. The summed E-state index contributed by atoms with van der Waals surface area (Å²) in [6.45, 7) is -0.494. The molecule has 0 aliphatic carbocycles. The van der Waals surface area contributed by atoms with Crippen molar-refractivity contribution < 1.29 is 19.3 Å². The fraction of sp³-hybridized carbons (Fsp3) is 0.400. The maximum Gasteiger partial charge on any atom is 0.351 e. The largest absolute Gasteiger partial charge is 0.394 e. The van der Waals surface area contributed by atoms with Crippen LogP contribution in [0.3, 0.4) is 0 Å². The molecule has 2 heterocycles. The van der Waals surface area contributed by atoms with E-state index < -0.39 is 30.7 Å². The molecule has 0 saturated carbocycles. The third-order valence-corrected chi connectivity index (χ3v) is 2.69. The van der Waals surface area contributed by atoms with Crippen molar-refractivity contribution in [2.45, 2.75) is 18.4 Å². The number of rotatable bonds is 2. The van der Waals surface area contributed by atoms with Crippen LogP contribution in [0.15, 0.2) is 29.0 Å². The van der Waals surface area contributed by atoms with Gasteiger partial charge in [-0.15, -0.1) is 0 Å². The van der Waals surface area contributed by atoms with Gasteiger partial charge in [0, 0.05) is 11.8 Å². The van der Waals surface area contributed by atoms with Crippen LogP contribution in [0.2, 0.25) is 0 Å². The number of nitrogens with two attached hydrogens (primary N) is 1. The monoisotopic (exact) mass is 257 g/mol. The zero-order valence-corrected chi connectivity index (χ0v) is 9.23. The van der Waals surface area contributed by atoms with Crippen molar-refractivity contribution in [3.05, 3.63) is 34.7 Å². The van der Waals surface area contributed by atoms with Crippen LogP contribution in [0.4, 0.5) is 10.2 Å². The summed E-state index contributed by atoms with van der Waals surface area (Å²) < 4.78 is 19.0. The molecule has 1 saturated heterocycles. The van der Waals surface area contributed by atoms with E-state index >= 15 is 0 Å². The molecule has 0 radical (unpaired) electrons. The van der Waals surface area contributed by atoms with Gasteiger partial charge in [0.2, 0.25) is 0 Å². The third-order valence-electron chi connectivity index (χ3n) is 2.69. The van der Waals surface area contributed by atoms with Gasteiger partial charge < -0.3 is 20.7 Å². The minimum atomic E-state index is -1.31. The van der Waals surface area contributed by atoms with Crippen LogP contribution in [0.5, 0.6) is 0 Å². The Balaban J connectivity index is 2.41. The molecular formula is C10H12FN3O4. The number of nitrogens with zero attached hydrogens (tertiary/aromatic N) is 2. The topological polar surface area (TPSA) is 111 Å². The van der Waals surface area contributed by atoms with Gasteiger partial charge >= 0.3 is 5.69 Å². The number of hydrogen-bond acceptors (Lipinski definition) is 6. The molecule has 2 unspecified atom stereocenters. The number of nitrogen functional groups attached to an aromatic ring is 1. The molecule has 4 N–H and O–H groups in total. The van der Waals surface area contributed by atoms with Crippen LogP contribution >= 0.6 is 0 Å². The van der Waals surface area contributed by atoms with Gasteiger partial charge in [0.15, 0.2) is 6.23 Å². The van der Waals surface area contributed by atoms with E-state index in [1.807, 2.05) is 0 Å². The van der Waals surface area contributed by atoms with E-state index in [9.17, 15) is 14.3 Å². The maximum atomic E-state index is 12.8. The van der Waals surface area contributed by atoms with E-state index in [4.69, 9.17) is 15.6 Å². The molecule has 3 atom stereocenters. The number of hydrogen-bond donors (Lipinski definition) is 3. The standard InChI is InChI=1S/C10H12FN3O4/c11-3-5-8(16)6(4-15)18-9(5)14-2-1-7(12)13-10(14)17/h1-3,6,8-9,15-16H,4H2,(H2,12,13,17)/b5-3+/t6?,8-,9?/m0/s1. The van der Waals surface area contributed by atoms with E-state index in [0.29, 0.717) is 0 Å². The predicted molar refractivity (Wildman–Crippen MR) is 59.1 cm³/mol. The summed E-state index contributed by atoms with van der Waals surface area (Å²) in [5.74, 6) is 0.0271. The number of ether oxygens (including phenoxy) is 1.